The molecule has 0 spiro atoms. The zero-order chi connectivity index (χ0) is 12.3. The van der Waals surface area contributed by atoms with Crippen molar-refractivity contribution >= 4 is 5.84 Å². The van der Waals surface area contributed by atoms with Crippen LogP contribution in [0.25, 0.3) is 0 Å². The Morgan fingerprint density at radius 1 is 1.35 bits per heavy atom. The summed E-state index contributed by atoms with van der Waals surface area (Å²) in [6.07, 6.45) is 5.63. The Morgan fingerprint density at radius 3 is 2.71 bits per heavy atom. The van der Waals surface area contributed by atoms with Gasteiger partial charge in [0.1, 0.15) is 11.9 Å². The van der Waals surface area contributed by atoms with Gasteiger partial charge in [-0.05, 0) is 37.8 Å². The van der Waals surface area contributed by atoms with Gasteiger partial charge < -0.3 is 16.2 Å². The van der Waals surface area contributed by atoms with Crippen molar-refractivity contribution in [1.82, 2.24) is 4.98 Å². The van der Waals surface area contributed by atoms with E-state index in [1.165, 1.54) is 0 Å². The molecule has 17 heavy (non-hydrogen) atoms. The van der Waals surface area contributed by atoms with Gasteiger partial charge in [-0.3, -0.25) is 5.41 Å². The molecule has 1 heterocycles. The Labute approximate surface area is 101 Å². The average Bonchev–Trinajstić information content (AvgIpc) is 2.32. The van der Waals surface area contributed by atoms with E-state index in [1.54, 1.807) is 18.3 Å². The van der Waals surface area contributed by atoms with Crippen molar-refractivity contribution in [3.63, 3.8) is 0 Å². The summed E-state index contributed by atoms with van der Waals surface area (Å²) in [6.45, 7) is 0. The zero-order valence-corrected chi connectivity index (χ0v) is 9.73. The van der Waals surface area contributed by atoms with Crippen molar-refractivity contribution in [2.24, 2.45) is 11.5 Å². The van der Waals surface area contributed by atoms with Gasteiger partial charge in [-0.15, -0.1) is 0 Å². The van der Waals surface area contributed by atoms with Crippen molar-refractivity contribution in [3.8, 4) is 5.88 Å². The number of amidine groups is 1. The first kappa shape index (κ1) is 11.9. The van der Waals surface area contributed by atoms with E-state index in [9.17, 15) is 0 Å². The molecule has 0 bridgehead atoms. The molecular formula is C12H18N4O. The topological polar surface area (TPSA) is 98.0 Å². The monoisotopic (exact) mass is 234 g/mol. The highest BCUT2D eigenvalue weighted by molar-refractivity contribution is 5.96. The Balaban J connectivity index is 2.05. The highest BCUT2D eigenvalue weighted by Crippen LogP contribution is 2.23. The third-order valence-electron chi connectivity index (χ3n) is 3.06. The first-order valence-corrected chi connectivity index (χ1v) is 5.88. The number of nitrogens with two attached hydrogens (primary N) is 2. The summed E-state index contributed by atoms with van der Waals surface area (Å²) >= 11 is 0. The van der Waals surface area contributed by atoms with Crippen molar-refractivity contribution in [2.45, 2.75) is 37.8 Å². The van der Waals surface area contributed by atoms with Gasteiger partial charge in [-0.1, -0.05) is 0 Å². The van der Waals surface area contributed by atoms with Gasteiger partial charge >= 0.3 is 0 Å². The Hall–Kier alpha value is -1.62. The van der Waals surface area contributed by atoms with Crippen molar-refractivity contribution < 1.29 is 4.74 Å². The summed E-state index contributed by atoms with van der Waals surface area (Å²) in [5, 5.41) is 7.46. The Kier molecular flexibility index (Phi) is 3.58. The molecule has 1 fully saturated rings. The lowest BCUT2D eigenvalue weighted by Gasteiger charge is -2.26. The molecule has 92 valence electrons. The van der Waals surface area contributed by atoms with E-state index in [-0.39, 0.29) is 11.9 Å². The van der Waals surface area contributed by atoms with Gasteiger partial charge in [0.15, 0.2) is 0 Å². The molecule has 0 aliphatic heterocycles. The van der Waals surface area contributed by atoms with Crippen molar-refractivity contribution in [2.75, 3.05) is 0 Å². The molecule has 0 unspecified atom stereocenters. The van der Waals surface area contributed by atoms with Gasteiger partial charge in [0.05, 0.1) is 5.56 Å². The van der Waals surface area contributed by atoms with Crippen LogP contribution >= 0.6 is 0 Å². The minimum absolute atomic E-state index is 0.0133. The van der Waals surface area contributed by atoms with E-state index >= 15 is 0 Å². The summed E-state index contributed by atoms with van der Waals surface area (Å²) in [5.74, 6) is 0.445. The molecule has 0 saturated heterocycles. The van der Waals surface area contributed by atoms with E-state index in [4.69, 9.17) is 21.6 Å². The molecule has 5 nitrogen and oxygen atoms in total. The molecule has 1 saturated carbocycles. The second-order valence-corrected chi connectivity index (χ2v) is 4.42. The molecular weight excluding hydrogens is 216 g/mol. The lowest BCUT2D eigenvalue weighted by atomic mass is 9.94. The maximum absolute atomic E-state index is 7.46. The summed E-state index contributed by atoms with van der Waals surface area (Å²) in [7, 11) is 0. The largest absolute Gasteiger partial charge is 0.474 e. The molecule has 1 aromatic rings. The molecule has 5 N–H and O–H groups in total. The first-order chi connectivity index (χ1) is 8.16. The van der Waals surface area contributed by atoms with Crippen LogP contribution in [-0.4, -0.2) is 23.0 Å². The fourth-order valence-electron chi connectivity index (χ4n) is 2.05. The maximum atomic E-state index is 7.46. The van der Waals surface area contributed by atoms with Gasteiger partial charge in [-0.2, -0.15) is 0 Å². The quantitative estimate of drug-likeness (QED) is 0.537. The van der Waals surface area contributed by atoms with Crippen LogP contribution in [0, 0.1) is 5.41 Å². The predicted octanol–water partition coefficient (Wildman–Crippen LogP) is 1.01. The van der Waals surface area contributed by atoms with E-state index in [2.05, 4.69) is 4.98 Å². The standard InChI is InChI=1S/C12H18N4O/c13-8-3-5-9(6-4-8)17-12-10(11(14)15)2-1-7-16-12/h1-2,7-9H,3-6,13H2,(H3,14,15). The third kappa shape index (κ3) is 2.94. The van der Waals surface area contributed by atoms with Crippen LogP contribution in [-0.2, 0) is 0 Å². The van der Waals surface area contributed by atoms with E-state index < -0.39 is 0 Å². The fourth-order valence-corrected chi connectivity index (χ4v) is 2.05. The number of hydrogen-bond acceptors (Lipinski definition) is 4. The lowest BCUT2D eigenvalue weighted by Crippen LogP contribution is -2.32. The molecule has 1 aliphatic carbocycles. The molecule has 5 heteroatoms. The van der Waals surface area contributed by atoms with Crippen molar-refractivity contribution in [1.29, 1.82) is 5.41 Å². The Bertz CT molecular complexity index is 399. The number of pyridine rings is 1. The second kappa shape index (κ2) is 5.14. The number of nitrogens with one attached hydrogen (secondary N) is 1. The van der Waals surface area contributed by atoms with Gasteiger partial charge in [-0.25, -0.2) is 4.98 Å². The highest BCUT2D eigenvalue weighted by atomic mass is 16.5. The maximum Gasteiger partial charge on any atom is 0.224 e. The lowest BCUT2D eigenvalue weighted by molar-refractivity contribution is 0.141. The number of aromatic nitrogens is 1. The molecule has 1 aliphatic rings. The number of hydrogen-bond donors (Lipinski definition) is 3. The normalized spacial score (nSPS) is 24.3. The number of ether oxygens (including phenoxy) is 1. The minimum atomic E-state index is -0.0133. The summed E-state index contributed by atoms with van der Waals surface area (Å²) in [6, 6.07) is 3.80. The van der Waals surface area contributed by atoms with Gasteiger partial charge in [0.2, 0.25) is 5.88 Å². The fraction of sp³-hybridized carbons (Fsp3) is 0.500. The van der Waals surface area contributed by atoms with E-state index in [1.807, 2.05) is 0 Å². The molecule has 1 aromatic heterocycles. The van der Waals surface area contributed by atoms with Crippen molar-refractivity contribution in [3.05, 3.63) is 23.9 Å². The SMILES string of the molecule is N=C(N)c1cccnc1OC1CCC(N)CC1. The van der Waals surface area contributed by atoms with E-state index in [0.29, 0.717) is 17.5 Å². The zero-order valence-electron chi connectivity index (χ0n) is 9.73. The third-order valence-corrected chi connectivity index (χ3v) is 3.06. The Morgan fingerprint density at radius 2 is 2.06 bits per heavy atom. The van der Waals surface area contributed by atoms with Gasteiger partial charge in [0, 0.05) is 12.2 Å². The number of rotatable bonds is 3. The molecule has 0 radical (unpaired) electrons. The van der Waals surface area contributed by atoms with Crippen LogP contribution in [0.5, 0.6) is 5.88 Å². The average molecular weight is 234 g/mol. The first-order valence-electron chi connectivity index (χ1n) is 5.88. The molecule has 0 atom stereocenters. The van der Waals surface area contributed by atoms with E-state index in [0.717, 1.165) is 25.7 Å². The van der Waals surface area contributed by atoms with Crippen LogP contribution in [0.15, 0.2) is 18.3 Å². The van der Waals surface area contributed by atoms with Crippen LogP contribution < -0.4 is 16.2 Å². The van der Waals surface area contributed by atoms with Crippen LogP contribution in [0.2, 0.25) is 0 Å². The molecule has 0 aromatic carbocycles. The molecule has 0 amide bonds. The highest BCUT2D eigenvalue weighted by Gasteiger charge is 2.21. The van der Waals surface area contributed by atoms with Crippen LogP contribution in [0.3, 0.4) is 0 Å². The summed E-state index contributed by atoms with van der Waals surface area (Å²) in [4.78, 5) is 4.14. The predicted molar refractivity (Wildman–Crippen MR) is 66.1 cm³/mol. The minimum Gasteiger partial charge on any atom is -0.474 e. The second-order valence-electron chi connectivity index (χ2n) is 4.42. The van der Waals surface area contributed by atoms with Crippen LogP contribution in [0.4, 0.5) is 0 Å². The van der Waals surface area contributed by atoms with Crippen LogP contribution in [0.1, 0.15) is 31.2 Å². The molecule has 2 rings (SSSR count). The number of nitrogens with zero attached hydrogens (tertiary/aromatic N) is 1. The number of nitrogen functional groups attached to an aromatic ring is 1. The smallest absolute Gasteiger partial charge is 0.224 e. The summed E-state index contributed by atoms with van der Waals surface area (Å²) in [5.41, 5.74) is 11.9. The summed E-state index contributed by atoms with van der Waals surface area (Å²) < 4.78 is 5.81. The van der Waals surface area contributed by atoms with Gasteiger partial charge in [0.25, 0.3) is 0 Å².